The molecular formula is C62H60S. The predicted octanol–water partition coefficient (Wildman–Crippen LogP) is 16.8. The van der Waals surface area contributed by atoms with E-state index in [-0.39, 0.29) is 0 Å². The summed E-state index contributed by atoms with van der Waals surface area (Å²) in [6.07, 6.45) is 12.6. The van der Waals surface area contributed by atoms with Crippen molar-refractivity contribution in [2.45, 2.75) is 117 Å². The summed E-state index contributed by atoms with van der Waals surface area (Å²) in [5.74, 6) is 1.32. The third-order valence-electron chi connectivity index (χ3n) is 15.4. The van der Waals surface area contributed by atoms with E-state index in [0.29, 0.717) is 11.8 Å². The molecule has 2 atom stereocenters. The minimum absolute atomic E-state index is 0.635. The van der Waals surface area contributed by atoms with Crippen LogP contribution in [-0.2, 0) is 51.4 Å². The molecule has 0 aliphatic heterocycles. The lowest BCUT2D eigenvalue weighted by Crippen LogP contribution is -2.02. The first kappa shape index (κ1) is 40.3. The maximum Gasteiger partial charge on any atom is 0.0360 e. The molecule has 11 rings (SSSR count). The fraction of sp³-hybridized carbons (Fsp3) is 0.290. The van der Waals surface area contributed by atoms with Gasteiger partial charge < -0.3 is 0 Å². The molecule has 0 saturated carbocycles. The molecule has 0 amide bonds. The molecule has 0 bridgehead atoms. The van der Waals surface area contributed by atoms with Crippen LogP contribution in [0.3, 0.4) is 0 Å². The molecule has 1 heterocycles. The Balaban J connectivity index is 0.971. The summed E-state index contributed by atoms with van der Waals surface area (Å²) in [7, 11) is 0. The lowest BCUT2D eigenvalue weighted by Gasteiger charge is -2.17. The summed E-state index contributed by atoms with van der Waals surface area (Å²) < 4.78 is 2.79. The van der Waals surface area contributed by atoms with Crippen molar-refractivity contribution < 1.29 is 0 Å². The molecule has 63 heavy (non-hydrogen) atoms. The second-order valence-electron chi connectivity index (χ2n) is 19.4. The molecule has 9 aromatic rings. The maximum absolute atomic E-state index is 2.61. The monoisotopic (exact) mass is 836 g/mol. The van der Waals surface area contributed by atoms with Crippen LogP contribution in [0.25, 0.3) is 52.8 Å². The topological polar surface area (TPSA) is 0 Å². The first-order valence-electron chi connectivity index (χ1n) is 24.0. The summed E-state index contributed by atoms with van der Waals surface area (Å²) >= 11 is 1.93. The number of fused-ring (bicyclic) bond motifs is 7. The lowest BCUT2D eigenvalue weighted by molar-refractivity contribution is 0.620. The van der Waals surface area contributed by atoms with Crippen molar-refractivity contribution in [1.29, 1.82) is 0 Å². The van der Waals surface area contributed by atoms with Crippen LogP contribution in [0.15, 0.2) is 127 Å². The Morgan fingerprint density at radius 3 is 2.27 bits per heavy atom. The van der Waals surface area contributed by atoms with Gasteiger partial charge in [-0.15, -0.1) is 11.3 Å². The second-order valence-corrected chi connectivity index (χ2v) is 20.5. The number of rotatable bonds is 11. The highest BCUT2D eigenvalue weighted by Crippen LogP contribution is 2.41. The summed E-state index contributed by atoms with van der Waals surface area (Å²) in [5.41, 5.74) is 22.4. The SMILES string of the molecule is CCc1ccc2c(CCc3cc(C)cc4sc5ccccc5c34)cc(-c3ccc4cc(CCc5c(C)ccc6c5CCC6C)cc(CCC5CCc6c(C)cccc65)c4c3)cc2c1. The second kappa shape index (κ2) is 16.6. The van der Waals surface area contributed by atoms with Crippen LogP contribution >= 0.6 is 11.3 Å². The molecule has 0 radical (unpaired) electrons. The molecule has 0 spiro atoms. The standard InChI is InChI=1S/C62H60S/c1-6-42-16-28-55-48(22-23-49-30-38(2)31-61-62(49)58-11-7-8-13-60(58)63-61)35-50(36-51(55)32-42)45-19-21-47-34-43(17-27-54-40(4)14-25-53-41(5)15-26-57(53)54)33-46(59(47)37-45)20-18-44-24-29-52-39(3)10-9-12-56(44)52/h7-14,16,19,21,25,28,30-37,41,44H,6,15,17-18,20,22-24,26-27,29H2,1-5H3. The van der Waals surface area contributed by atoms with Gasteiger partial charge in [0.2, 0.25) is 0 Å². The Labute approximate surface area is 379 Å². The maximum atomic E-state index is 2.61. The van der Waals surface area contributed by atoms with Crippen molar-refractivity contribution in [3.63, 3.8) is 0 Å². The molecule has 1 heteroatoms. The van der Waals surface area contributed by atoms with Crippen LogP contribution < -0.4 is 0 Å². The summed E-state index contributed by atoms with van der Waals surface area (Å²) in [5, 5.41) is 8.42. The van der Waals surface area contributed by atoms with Crippen molar-refractivity contribution >= 4 is 53.1 Å². The largest absolute Gasteiger partial charge is 0.135 e. The van der Waals surface area contributed by atoms with Gasteiger partial charge in [-0.25, -0.2) is 0 Å². The molecule has 0 fully saturated rings. The molecule has 1 aromatic heterocycles. The minimum atomic E-state index is 0.635. The molecule has 0 nitrogen and oxygen atoms in total. The van der Waals surface area contributed by atoms with Crippen molar-refractivity contribution in [3.05, 3.63) is 200 Å². The zero-order chi connectivity index (χ0) is 42.8. The van der Waals surface area contributed by atoms with Crippen molar-refractivity contribution in [2.24, 2.45) is 0 Å². The first-order valence-corrected chi connectivity index (χ1v) is 24.8. The van der Waals surface area contributed by atoms with E-state index < -0.39 is 0 Å². The third kappa shape index (κ3) is 7.51. The third-order valence-corrected chi connectivity index (χ3v) is 16.5. The Morgan fingerprint density at radius 1 is 0.524 bits per heavy atom. The van der Waals surface area contributed by atoms with E-state index in [2.05, 4.69) is 162 Å². The molecule has 0 N–H and O–H groups in total. The number of hydrogen-bond donors (Lipinski definition) is 0. The van der Waals surface area contributed by atoms with E-state index >= 15 is 0 Å². The molecule has 0 saturated heterocycles. The van der Waals surface area contributed by atoms with Gasteiger partial charge in [-0.3, -0.25) is 0 Å². The smallest absolute Gasteiger partial charge is 0.0360 e. The average Bonchev–Trinajstić information content (AvgIpc) is 4.01. The fourth-order valence-electron chi connectivity index (χ4n) is 12.0. The van der Waals surface area contributed by atoms with Gasteiger partial charge >= 0.3 is 0 Å². The zero-order valence-electron chi connectivity index (χ0n) is 38.0. The van der Waals surface area contributed by atoms with Gasteiger partial charge in [-0.05, 0) is 232 Å². The molecule has 2 unspecified atom stereocenters. The Bertz CT molecular complexity index is 3230. The molecule has 2 aliphatic carbocycles. The molecule has 2 aliphatic rings. The van der Waals surface area contributed by atoms with Crippen molar-refractivity contribution in [2.75, 3.05) is 0 Å². The number of thiophene rings is 1. The van der Waals surface area contributed by atoms with Crippen molar-refractivity contribution in [1.82, 2.24) is 0 Å². The Kier molecular flexibility index (Phi) is 10.6. The van der Waals surface area contributed by atoms with Crippen molar-refractivity contribution in [3.8, 4) is 11.1 Å². The van der Waals surface area contributed by atoms with Crippen LogP contribution in [0.1, 0.15) is 117 Å². The number of benzene rings is 8. The van der Waals surface area contributed by atoms with Crippen LogP contribution in [0.2, 0.25) is 0 Å². The minimum Gasteiger partial charge on any atom is -0.135 e. The van der Waals surface area contributed by atoms with Gasteiger partial charge in [-0.1, -0.05) is 117 Å². The van der Waals surface area contributed by atoms with Gasteiger partial charge in [0, 0.05) is 20.2 Å². The van der Waals surface area contributed by atoms with E-state index in [1.54, 1.807) is 27.8 Å². The lowest BCUT2D eigenvalue weighted by atomic mass is 9.87. The van der Waals surface area contributed by atoms with Crippen LogP contribution in [0.4, 0.5) is 0 Å². The van der Waals surface area contributed by atoms with Gasteiger partial charge in [-0.2, -0.15) is 0 Å². The summed E-state index contributed by atoms with van der Waals surface area (Å²) in [6.45, 7) is 11.6. The molecular weight excluding hydrogens is 777 g/mol. The van der Waals surface area contributed by atoms with E-state index in [1.165, 1.54) is 129 Å². The van der Waals surface area contributed by atoms with Gasteiger partial charge in [0.15, 0.2) is 0 Å². The number of hydrogen-bond acceptors (Lipinski definition) is 1. The number of aryl methyl sites for hydroxylation is 8. The van der Waals surface area contributed by atoms with E-state index in [1.807, 2.05) is 11.3 Å². The van der Waals surface area contributed by atoms with Crippen LogP contribution in [0.5, 0.6) is 0 Å². The van der Waals surface area contributed by atoms with Crippen LogP contribution in [0, 0.1) is 20.8 Å². The highest BCUT2D eigenvalue weighted by molar-refractivity contribution is 7.25. The Hall–Kier alpha value is -5.50. The van der Waals surface area contributed by atoms with E-state index in [9.17, 15) is 0 Å². The highest BCUT2D eigenvalue weighted by Gasteiger charge is 2.25. The molecule has 314 valence electrons. The van der Waals surface area contributed by atoms with E-state index in [4.69, 9.17) is 0 Å². The average molecular weight is 837 g/mol. The highest BCUT2D eigenvalue weighted by atomic mass is 32.1. The van der Waals surface area contributed by atoms with Gasteiger partial charge in [0.1, 0.15) is 0 Å². The summed E-state index contributed by atoms with van der Waals surface area (Å²) in [4.78, 5) is 0. The fourth-order valence-corrected chi connectivity index (χ4v) is 13.2. The predicted molar refractivity (Wildman–Crippen MR) is 274 cm³/mol. The molecule has 8 aromatic carbocycles. The van der Waals surface area contributed by atoms with Gasteiger partial charge in [0.05, 0.1) is 0 Å². The van der Waals surface area contributed by atoms with Gasteiger partial charge in [0.25, 0.3) is 0 Å². The quantitative estimate of drug-likeness (QED) is 0.122. The normalized spacial score (nSPS) is 15.9. The first-order chi connectivity index (χ1) is 30.8. The Morgan fingerprint density at radius 2 is 1.37 bits per heavy atom. The summed E-state index contributed by atoms with van der Waals surface area (Å²) in [6, 6.07) is 50.3. The van der Waals surface area contributed by atoms with Crippen LogP contribution in [-0.4, -0.2) is 0 Å². The van der Waals surface area contributed by atoms with E-state index in [0.717, 1.165) is 38.5 Å². The zero-order valence-corrected chi connectivity index (χ0v) is 38.8.